The lowest BCUT2D eigenvalue weighted by Crippen LogP contribution is -2.21. The smallest absolute Gasteiger partial charge is 0.233 e. The molecule has 0 aliphatic carbocycles. The Hall–Kier alpha value is -1.61. The molecule has 1 aromatic heterocycles. The first-order valence-corrected chi connectivity index (χ1v) is 7.24. The van der Waals surface area contributed by atoms with Gasteiger partial charge < -0.3 is 0 Å². The van der Waals surface area contributed by atoms with Gasteiger partial charge in [-0.05, 0) is 24.0 Å². The standard InChI is InChI=1S/C12H17N3O2S/c1-12(2,3)6-7-18(16,17)15-11-5-4-10(8-13)9-14-11/h4-5,9H,6-7H2,1-3H3,(H,14,15). The first-order chi connectivity index (χ1) is 8.22. The van der Waals surface area contributed by atoms with Gasteiger partial charge in [-0.2, -0.15) is 5.26 Å². The Kier molecular flexibility index (Phi) is 4.30. The molecule has 0 radical (unpaired) electrons. The fraction of sp³-hybridized carbons (Fsp3) is 0.500. The predicted octanol–water partition coefficient (Wildman–Crippen LogP) is 2.13. The average molecular weight is 267 g/mol. The molecule has 0 amide bonds. The average Bonchev–Trinajstić information content (AvgIpc) is 2.26. The lowest BCUT2D eigenvalue weighted by Gasteiger charge is -2.17. The van der Waals surface area contributed by atoms with Gasteiger partial charge in [-0.1, -0.05) is 20.8 Å². The van der Waals surface area contributed by atoms with E-state index in [0.29, 0.717) is 12.0 Å². The predicted molar refractivity (Wildman–Crippen MR) is 70.4 cm³/mol. The fourth-order valence-electron chi connectivity index (χ4n) is 1.17. The Morgan fingerprint density at radius 2 is 2.06 bits per heavy atom. The molecule has 0 spiro atoms. The summed E-state index contributed by atoms with van der Waals surface area (Å²) in [5.74, 6) is 0.293. The molecule has 0 aromatic carbocycles. The van der Waals surface area contributed by atoms with E-state index in [0.717, 1.165) is 0 Å². The Morgan fingerprint density at radius 3 is 2.50 bits per heavy atom. The second-order valence-electron chi connectivity index (χ2n) is 5.28. The molecule has 1 rings (SSSR count). The molecule has 0 aliphatic heterocycles. The minimum atomic E-state index is -3.38. The topological polar surface area (TPSA) is 82.9 Å². The van der Waals surface area contributed by atoms with Gasteiger partial charge in [0.05, 0.1) is 11.3 Å². The molecule has 5 nitrogen and oxygen atoms in total. The lowest BCUT2D eigenvalue weighted by molar-refractivity contribution is 0.397. The monoisotopic (exact) mass is 267 g/mol. The van der Waals surface area contributed by atoms with Crippen LogP contribution in [0.5, 0.6) is 0 Å². The first-order valence-electron chi connectivity index (χ1n) is 5.58. The summed E-state index contributed by atoms with van der Waals surface area (Å²) in [4.78, 5) is 3.87. The Bertz CT molecular complexity index is 536. The number of hydrogen-bond acceptors (Lipinski definition) is 4. The zero-order valence-corrected chi connectivity index (χ0v) is 11.6. The minimum absolute atomic E-state index is 0.0349. The summed E-state index contributed by atoms with van der Waals surface area (Å²) < 4.78 is 26.0. The van der Waals surface area contributed by atoms with Gasteiger partial charge in [0.1, 0.15) is 11.9 Å². The zero-order valence-electron chi connectivity index (χ0n) is 10.8. The van der Waals surface area contributed by atoms with Gasteiger partial charge in [-0.25, -0.2) is 13.4 Å². The van der Waals surface area contributed by atoms with Crippen LogP contribution in [0.25, 0.3) is 0 Å². The zero-order chi connectivity index (χ0) is 13.8. The summed E-state index contributed by atoms with van der Waals surface area (Å²) >= 11 is 0. The third-order valence-electron chi connectivity index (χ3n) is 2.27. The van der Waals surface area contributed by atoms with Crippen molar-refractivity contribution < 1.29 is 8.42 Å². The Balaban J connectivity index is 2.68. The maximum absolute atomic E-state index is 11.8. The summed E-state index contributed by atoms with van der Waals surface area (Å²) in [6.45, 7) is 5.97. The highest BCUT2D eigenvalue weighted by Crippen LogP contribution is 2.19. The molecule has 0 bridgehead atoms. The summed E-state index contributed by atoms with van der Waals surface area (Å²) in [6.07, 6.45) is 1.90. The van der Waals surface area contributed by atoms with Crippen molar-refractivity contribution in [2.75, 3.05) is 10.5 Å². The second kappa shape index (κ2) is 5.36. The van der Waals surface area contributed by atoms with E-state index in [-0.39, 0.29) is 17.0 Å². The van der Waals surface area contributed by atoms with Gasteiger partial charge in [0.15, 0.2) is 0 Å². The van der Waals surface area contributed by atoms with E-state index in [1.54, 1.807) is 0 Å². The van der Waals surface area contributed by atoms with Crippen LogP contribution in [-0.2, 0) is 10.0 Å². The lowest BCUT2D eigenvalue weighted by atomic mass is 9.94. The quantitative estimate of drug-likeness (QED) is 0.905. The van der Waals surface area contributed by atoms with Crippen LogP contribution < -0.4 is 4.72 Å². The molecule has 6 heteroatoms. The molecule has 0 fully saturated rings. The third kappa shape index (κ3) is 5.15. The molecule has 1 heterocycles. The van der Waals surface area contributed by atoms with Gasteiger partial charge >= 0.3 is 0 Å². The Labute approximate surface area is 108 Å². The normalized spacial score (nSPS) is 11.9. The first kappa shape index (κ1) is 14.5. The molecule has 1 N–H and O–H groups in total. The van der Waals surface area contributed by atoms with E-state index in [1.165, 1.54) is 18.3 Å². The number of nitrogens with one attached hydrogen (secondary N) is 1. The Morgan fingerprint density at radius 1 is 1.39 bits per heavy atom. The SMILES string of the molecule is CC(C)(C)CCS(=O)(=O)Nc1ccc(C#N)cn1. The molecule has 98 valence electrons. The maximum atomic E-state index is 11.8. The van der Waals surface area contributed by atoms with Crippen molar-refractivity contribution in [1.82, 2.24) is 4.98 Å². The number of hydrogen-bond donors (Lipinski definition) is 1. The van der Waals surface area contributed by atoms with Crippen molar-refractivity contribution in [3.8, 4) is 6.07 Å². The van der Waals surface area contributed by atoms with E-state index in [1.807, 2.05) is 26.8 Å². The fourth-order valence-corrected chi connectivity index (χ4v) is 2.59. The largest absolute Gasteiger partial charge is 0.267 e. The molecular weight excluding hydrogens is 250 g/mol. The number of pyridine rings is 1. The number of nitrogens with zero attached hydrogens (tertiary/aromatic N) is 2. The number of nitriles is 1. The number of rotatable bonds is 4. The van der Waals surface area contributed by atoms with Crippen LogP contribution in [0, 0.1) is 16.7 Å². The van der Waals surface area contributed by atoms with Gasteiger partial charge in [0.25, 0.3) is 0 Å². The van der Waals surface area contributed by atoms with Crippen LogP contribution in [0.4, 0.5) is 5.82 Å². The van der Waals surface area contributed by atoms with Crippen molar-refractivity contribution >= 4 is 15.8 Å². The van der Waals surface area contributed by atoms with E-state index < -0.39 is 10.0 Å². The van der Waals surface area contributed by atoms with Crippen molar-refractivity contribution in [3.63, 3.8) is 0 Å². The highest BCUT2D eigenvalue weighted by atomic mass is 32.2. The highest BCUT2D eigenvalue weighted by Gasteiger charge is 2.17. The molecule has 1 aromatic rings. The maximum Gasteiger partial charge on any atom is 0.233 e. The van der Waals surface area contributed by atoms with Gasteiger partial charge in [-0.15, -0.1) is 0 Å². The molecule has 0 saturated heterocycles. The molecular formula is C12H17N3O2S. The summed E-state index contributed by atoms with van der Waals surface area (Å²) in [6, 6.07) is 4.92. The molecule has 0 unspecified atom stereocenters. The van der Waals surface area contributed by atoms with Crippen molar-refractivity contribution in [1.29, 1.82) is 5.26 Å². The van der Waals surface area contributed by atoms with Crippen molar-refractivity contribution in [2.24, 2.45) is 5.41 Å². The van der Waals surface area contributed by atoms with Gasteiger partial charge in [-0.3, -0.25) is 4.72 Å². The van der Waals surface area contributed by atoms with E-state index in [9.17, 15) is 8.42 Å². The van der Waals surface area contributed by atoms with Crippen LogP contribution in [0.3, 0.4) is 0 Å². The van der Waals surface area contributed by atoms with E-state index in [4.69, 9.17) is 5.26 Å². The van der Waals surface area contributed by atoms with Crippen LogP contribution in [-0.4, -0.2) is 19.2 Å². The number of anilines is 1. The summed E-state index contributed by atoms with van der Waals surface area (Å²) in [7, 11) is -3.38. The molecule has 0 atom stereocenters. The summed E-state index contributed by atoms with van der Waals surface area (Å²) in [5, 5.41) is 8.61. The van der Waals surface area contributed by atoms with Crippen LogP contribution in [0.1, 0.15) is 32.8 Å². The number of sulfonamides is 1. The minimum Gasteiger partial charge on any atom is -0.267 e. The van der Waals surface area contributed by atoms with Crippen molar-refractivity contribution in [3.05, 3.63) is 23.9 Å². The van der Waals surface area contributed by atoms with E-state index in [2.05, 4.69) is 9.71 Å². The van der Waals surface area contributed by atoms with Crippen LogP contribution in [0.2, 0.25) is 0 Å². The van der Waals surface area contributed by atoms with E-state index >= 15 is 0 Å². The van der Waals surface area contributed by atoms with Gasteiger partial charge in [0.2, 0.25) is 10.0 Å². The van der Waals surface area contributed by atoms with Gasteiger partial charge in [0, 0.05) is 6.20 Å². The second-order valence-corrected chi connectivity index (χ2v) is 7.12. The van der Waals surface area contributed by atoms with Crippen LogP contribution >= 0.6 is 0 Å². The highest BCUT2D eigenvalue weighted by molar-refractivity contribution is 7.92. The third-order valence-corrected chi connectivity index (χ3v) is 3.54. The van der Waals surface area contributed by atoms with Crippen LogP contribution in [0.15, 0.2) is 18.3 Å². The molecule has 0 saturated carbocycles. The number of aromatic nitrogens is 1. The molecule has 18 heavy (non-hydrogen) atoms. The summed E-state index contributed by atoms with van der Waals surface area (Å²) in [5.41, 5.74) is 0.361. The van der Waals surface area contributed by atoms with Crippen molar-refractivity contribution in [2.45, 2.75) is 27.2 Å². The molecule has 0 aliphatic rings.